The third-order valence-electron chi connectivity index (χ3n) is 1.99. The Morgan fingerprint density at radius 3 is 2.13 bits per heavy atom. The maximum Gasteiger partial charge on any atom is 0.0212 e. The van der Waals surface area contributed by atoms with Crippen molar-refractivity contribution >= 4 is 0 Å². The van der Waals surface area contributed by atoms with Crippen molar-refractivity contribution < 1.29 is 0 Å². The van der Waals surface area contributed by atoms with Gasteiger partial charge in [0.1, 0.15) is 0 Å². The first-order valence-corrected chi connectivity index (χ1v) is 5.65. The monoisotopic (exact) mass is 205 g/mol. The normalized spacial score (nSPS) is 14.2. The largest absolute Gasteiger partial charge is 0.309 e. The zero-order chi connectivity index (χ0) is 11.5. The van der Waals surface area contributed by atoms with Crippen LogP contribution in [0.5, 0.6) is 0 Å². The zero-order valence-corrected chi connectivity index (χ0v) is 10.6. The van der Waals surface area contributed by atoms with Gasteiger partial charge >= 0.3 is 0 Å². The van der Waals surface area contributed by atoms with E-state index in [0.29, 0.717) is 5.41 Å². The SMILES string of the molecule is CC(C)(C)C.Cc1ccc2c(c1)CNC2. The van der Waals surface area contributed by atoms with E-state index in [-0.39, 0.29) is 0 Å². The maximum atomic E-state index is 3.31. The molecule has 1 aliphatic heterocycles. The van der Waals surface area contributed by atoms with Crippen LogP contribution >= 0.6 is 0 Å². The molecule has 0 saturated carbocycles. The van der Waals surface area contributed by atoms with Crippen LogP contribution in [0.1, 0.15) is 44.4 Å². The molecular formula is C14H23N. The van der Waals surface area contributed by atoms with Crippen LogP contribution in [-0.2, 0) is 13.1 Å². The summed E-state index contributed by atoms with van der Waals surface area (Å²) in [6, 6.07) is 6.64. The summed E-state index contributed by atoms with van der Waals surface area (Å²) >= 11 is 0. The lowest BCUT2D eigenvalue weighted by atomic mass is 10.0. The molecular weight excluding hydrogens is 182 g/mol. The Morgan fingerprint density at radius 1 is 1.00 bits per heavy atom. The summed E-state index contributed by atoms with van der Waals surface area (Å²) in [5.74, 6) is 0. The van der Waals surface area contributed by atoms with Crippen LogP contribution in [0.25, 0.3) is 0 Å². The molecule has 0 spiro atoms. The van der Waals surface area contributed by atoms with Crippen molar-refractivity contribution in [3.63, 3.8) is 0 Å². The van der Waals surface area contributed by atoms with Gasteiger partial charge in [0.25, 0.3) is 0 Å². The van der Waals surface area contributed by atoms with E-state index in [1.54, 1.807) is 0 Å². The fraction of sp³-hybridized carbons (Fsp3) is 0.571. The van der Waals surface area contributed by atoms with Crippen molar-refractivity contribution in [2.45, 2.75) is 47.7 Å². The molecule has 0 bridgehead atoms. The van der Waals surface area contributed by atoms with Gasteiger partial charge in [0.2, 0.25) is 0 Å². The van der Waals surface area contributed by atoms with Gasteiger partial charge in [0.15, 0.2) is 0 Å². The second-order valence-electron chi connectivity index (χ2n) is 5.88. The number of benzene rings is 1. The molecule has 1 N–H and O–H groups in total. The van der Waals surface area contributed by atoms with Crippen molar-refractivity contribution in [3.8, 4) is 0 Å². The lowest BCUT2D eigenvalue weighted by Crippen LogP contribution is -1.99. The van der Waals surface area contributed by atoms with Crippen LogP contribution in [0.4, 0.5) is 0 Å². The molecule has 0 unspecified atom stereocenters. The molecule has 1 heteroatoms. The predicted molar refractivity (Wildman–Crippen MR) is 66.9 cm³/mol. The average Bonchev–Trinajstić information content (AvgIpc) is 2.47. The minimum absolute atomic E-state index is 0.500. The summed E-state index contributed by atoms with van der Waals surface area (Å²) in [4.78, 5) is 0. The van der Waals surface area contributed by atoms with Crippen LogP contribution in [0.15, 0.2) is 18.2 Å². The molecule has 84 valence electrons. The van der Waals surface area contributed by atoms with Gasteiger partial charge in [-0.15, -0.1) is 0 Å². The van der Waals surface area contributed by atoms with Crippen LogP contribution in [0.2, 0.25) is 0 Å². The van der Waals surface area contributed by atoms with Gasteiger partial charge in [-0.1, -0.05) is 51.5 Å². The second kappa shape index (κ2) is 4.80. The summed E-state index contributed by atoms with van der Waals surface area (Å²) in [6.45, 7) is 13.0. The standard InChI is InChI=1S/C9H11N.C5H12/c1-7-2-3-8-5-10-6-9(8)4-7;1-5(2,3)4/h2-4,10H,5-6H2,1H3;1-4H3. The van der Waals surface area contributed by atoms with Crippen molar-refractivity contribution in [1.82, 2.24) is 5.32 Å². The number of hydrogen-bond donors (Lipinski definition) is 1. The quantitative estimate of drug-likeness (QED) is 0.681. The van der Waals surface area contributed by atoms with Gasteiger partial charge in [0, 0.05) is 13.1 Å². The summed E-state index contributed by atoms with van der Waals surface area (Å²) in [5, 5.41) is 3.31. The molecule has 0 fully saturated rings. The highest BCUT2D eigenvalue weighted by Gasteiger charge is 2.07. The van der Waals surface area contributed by atoms with E-state index in [1.807, 2.05) is 0 Å². The minimum atomic E-state index is 0.500. The topological polar surface area (TPSA) is 12.0 Å². The molecule has 0 aromatic heterocycles. The van der Waals surface area contributed by atoms with Crippen LogP contribution in [0.3, 0.4) is 0 Å². The summed E-state index contributed by atoms with van der Waals surface area (Å²) < 4.78 is 0. The predicted octanol–water partition coefficient (Wildman–Crippen LogP) is 3.65. The van der Waals surface area contributed by atoms with Crippen molar-refractivity contribution in [1.29, 1.82) is 0 Å². The lowest BCUT2D eigenvalue weighted by molar-refractivity contribution is 0.469. The van der Waals surface area contributed by atoms with Crippen LogP contribution in [-0.4, -0.2) is 0 Å². The van der Waals surface area contributed by atoms with Gasteiger partial charge in [-0.05, 0) is 23.5 Å². The molecule has 0 aliphatic carbocycles. The molecule has 1 heterocycles. The molecule has 2 rings (SSSR count). The molecule has 1 nitrogen and oxygen atoms in total. The Kier molecular flexibility index (Phi) is 3.92. The Balaban J connectivity index is 0.000000195. The molecule has 0 amide bonds. The number of aryl methyl sites for hydroxylation is 1. The first-order valence-electron chi connectivity index (χ1n) is 5.65. The molecule has 0 radical (unpaired) electrons. The Morgan fingerprint density at radius 2 is 1.53 bits per heavy atom. The second-order valence-corrected chi connectivity index (χ2v) is 5.88. The van der Waals surface area contributed by atoms with E-state index in [1.165, 1.54) is 16.7 Å². The highest BCUT2D eigenvalue weighted by Crippen LogP contribution is 2.15. The Bertz CT molecular complexity index is 315. The van der Waals surface area contributed by atoms with Gasteiger partial charge in [-0.3, -0.25) is 0 Å². The van der Waals surface area contributed by atoms with Gasteiger partial charge < -0.3 is 5.32 Å². The van der Waals surface area contributed by atoms with Crippen LogP contribution < -0.4 is 5.32 Å². The first kappa shape index (κ1) is 12.3. The zero-order valence-electron chi connectivity index (χ0n) is 10.6. The number of fused-ring (bicyclic) bond motifs is 1. The average molecular weight is 205 g/mol. The minimum Gasteiger partial charge on any atom is -0.309 e. The third kappa shape index (κ3) is 4.98. The van der Waals surface area contributed by atoms with E-state index in [2.05, 4.69) is 58.1 Å². The molecule has 1 aromatic carbocycles. The smallest absolute Gasteiger partial charge is 0.0212 e. The number of hydrogen-bond acceptors (Lipinski definition) is 1. The maximum absolute atomic E-state index is 3.31. The van der Waals surface area contributed by atoms with E-state index in [4.69, 9.17) is 0 Å². The first-order chi connectivity index (χ1) is 6.86. The van der Waals surface area contributed by atoms with E-state index in [9.17, 15) is 0 Å². The van der Waals surface area contributed by atoms with Crippen molar-refractivity contribution in [3.05, 3.63) is 34.9 Å². The van der Waals surface area contributed by atoms with E-state index < -0.39 is 0 Å². The fourth-order valence-electron chi connectivity index (χ4n) is 1.42. The van der Waals surface area contributed by atoms with Crippen molar-refractivity contribution in [2.75, 3.05) is 0 Å². The molecule has 1 aliphatic rings. The molecule has 0 atom stereocenters. The summed E-state index contributed by atoms with van der Waals surface area (Å²) in [6.07, 6.45) is 0. The summed E-state index contributed by atoms with van der Waals surface area (Å²) in [7, 11) is 0. The Hall–Kier alpha value is -0.820. The Labute approximate surface area is 93.9 Å². The van der Waals surface area contributed by atoms with E-state index >= 15 is 0 Å². The summed E-state index contributed by atoms with van der Waals surface area (Å²) in [5.41, 5.74) is 4.80. The lowest BCUT2D eigenvalue weighted by Gasteiger charge is -2.05. The fourth-order valence-corrected chi connectivity index (χ4v) is 1.42. The highest BCUT2D eigenvalue weighted by atomic mass is 14.9. The van der Waals surface area contributed by atoms with Gasteiger partial charge in [0.05, 0.1) is 0 Å². The number of rotatable bonds is 0. The molecule has 0 saturated heterocycles. The van der Waals surface area contributed by atoms with Crippen molar-refractivity contribution in [2.24, 2.45) is 5.41 Å². The van der Waals surface area contributed by atoms with E-state index in [0.717, 1.165) is 13.1 Å². The highest BCUT2D eigenvalue weighted by molar-refractivity contribution is 5.33. The van der Waals surface area contributed by atoms with Crippen LogP contribution in [0, 0.1) is 12.3 Å². The molecule has 1 aromatic rings. The number of nitrogens with one attached hydrogen (secondary N) is 1. The molecule has 15 heavy (non-hydrogen) atoms. The van der Waals surface area contributed by atoms with Gasteiger partial charge in [-0.2, -0.15) is 0 Å². The van der Waals surface area contributed by atoms with Gasteiger partial charge in [-0.25, -0.2) is 0 Å². The third-order valence-corrected chi connectivity index (χ3v) is 1.99.